The van der Waals surface area contributed by atoms with Gasteiger partial charge in [-0.05, 0) is 31.4 Å². The molecule has 126 valence electrons. The molecule has 0 spiro atoms. The van der Waals surface area contributed by atoms with Crippen LogP contribution in [0.1, 0.15) is 25.8 Å². The Bertz CT molecular complexity index is 736. The van der Waals surface area contributed by atoms with Gasteiger partial charge in [-0.1, -0.05) is 31.5 Å². The second-order valence-corrected chi connectivity index (χ2v) is 7.72. The number of benzene rings is 1. The summed E-state index contributed by atoms with van der Waals surface area (Å²) < 4.78 is 28.5. The molecule has 2 N–H and O–H groups in total. The van der Waals surface area contributed by atoms with Crippen LogP contribution in [0.5, 0.6) is 0 Å². The maximum Gasteiger partial charge on any atom is 0.243 e. The van der Waals surface area contributed by atoms with Crippen LogP contribution < -0.4 is 4.72 Å². The number of aromatic nitrogens is 2. The van der Waals surface area contributed by atoms with E-state index in [1.165, 1.54) is 17.1 Å². The SMILES string of the molecule is Cc1ccc(-n2cc(S(=O)(=O)NCCC(O)C(C)C)cn2)cc1. The van der Waals surface area contributed by atoms with Crippen molar-refractivity contribution >= 4 is 10.0 Å². The first-order chi connectivity index (χ1) is 10.8. The van der Waals surface area contributed by atoms with E-state index in [0.29, 0.717) is 6.42 Å². The molecule has 0 saturated carbocycles. The van der Waals surface area contributed by atoms with Gasteiger partial charge in [0, 0.05) is 6.54 Å². The minimum Gasteiger partial charge on any atom is -0.393 e. The molecule has 0 aliphatic rings. The van der Waals surface area contributed by atoms with E-state index >= 15 is 0 Å². The molecule has 23 heavy (non-hydrogen) atoms. The van der Waals surface area contributed by atoms with E-state index in [-0.39, 0.29) is 17.4 Å². The highest BCUT2D eigenvalue weighted by Crippen LogP contribution is 2.13. The Morgan fingerprint density at radius 3 is 2.52 bits per heavy atom. The van der Waals surface area contributed by atoms with Gasteiger partial charge in [-0.3, -0.25) is 0 Å². The number of aliphatic hydroxyl groups excluding tert-OH is 1. The van der Waals surface area contributed by atoms with Gasteiger partial charge in [0.05, 0.1) is 24.2 Å². The molecule has 0 bridgehead atoms. The first-order valence-electron chi connectivity index (χ1n) is 7.59. The lowest BCUT2D eigenvalue weighted by atomic mass is 10.1. The monoisotopic (exact) mass is 337 g/mol. The molecule has 1 aromatic carbocycles. The number of sulfonamides is 1. The van der Waals surface area contributed by atoms with E-state index in [0.717, 1.165) is 11.3 Å². The molecular weight excluding hydrogens is 314 g/mol. The zero-order chi connectivity index (χ0) is 17.0. The Kier molecular flexibility index (Phi) is 5.56. The average Bonchev–Trinajstić information content (AvgIpc) is 2.98. The van der Waals surface area contributed by atoms with Crippen LogP contribution in [-0.4, -0.2) is 36.0 Å². The normalized spacial score (nSPS) is 13.4. The summed E-state index contributed by atoms with van der Waals surface area (Å²) in [5.74, 6) is 0.101. The van der Waals surface area contributed by atoms with Gasteiger partial charge in [0.25, 0.3) is 0 Å². The molecule has 0 aliphatic heterocycles. The fraction of sp³-hybridized carbons (Fsp3) is 0.438. The Hall–Kier alpha value is -1.70. The molecule has 7 heteroatoms. The summed E-state index contributed by atoms with van der Waals surface area (Å²) in [6.07, 6.45) is 2.66. The molecule has 1 atom stereocenters. The highest BCUT2D eigenvalue weighted by Gasteiger charge is 2.17. The molecule has 1 heterocycles. The topological polar surface area (TPSA) is 84.2 Å². The summed E-state index contributed by atoms with van der Waals surface area (Å²) in [7, 11) is -3.62. The number of rotatable bonds is 7. The molecule has 0 fully saturated rings. The molecule has 0 amide bonds. The molecule has 6 nitrogen and oxygen atoms in total. The van der Waals surface area contributed by atoms with Crippen LogP contribution in [0.3, 0.4) is 0 Å². The lowest BCUT2D eigenvalue weighted by Crippen LogP contribution is -2.28. The lowest BCUT2D eigenvalue weighted by Gasteiger charge is -2.14. The van der Waals surface area contributed by atoms with Crippen LogP contribution in [0.15, 0.2) is 41.6 Å². The van der Waals surface area contributed by atoms with E-state index in [1.54, 1.807) is 0 Å². The van der Waals surface area contributed by atoms with Gasteiger partial charge in [-0.25, -0.2) is 17.8 Å². The van der Waals surface area contributed by atoms with E-state index in [2.05, 4.69) is 9.82 Å². The number of nitrogens with zero attached hydrogens (tertiary/aromatic N) is 2. The Morgan fingerprint density at radius 2 is 1.91 bits per heavy atom. The number of aliphatic hydroxyl groups is 1. The van der Waals surface area contributed by atoms with Gasteiger partial charge in [0.1, 0.15) is 4.90 Å². The summed E-state index contributed by atoms with van der Waals surface area (Å²) >= 11 is 0. The molecular formula is C16H23N3O3S. The minimum absolute atomic E-state index is 0.101. The summed E-state index contributed by atoms with van der Waals surface area (Å²) in [5.41, 5.74) is 1.92. The highest BCUT2D eigenvalue weighted by atomic mass is 32.2. The van der Waals surface area contributed by atoms with E-state index < -0.39 is 16.1 Å². The highest BCUT2D eigenvalue weighted by molar-refractivity contribution is 7.89. The minimum atomic E-state index is -3.62. The predicted molar refractivity (Wildman–Crippen MR) is 89.0 cm³/mol. The fourth-order valence-corrected chi connectivity index (χ4v) is 3.02. The number of aryl methyl sites for hydroxylation is 1. The summed E-state index contributed by atoms with van der Waals surface area (Å²) in [6, 6.07) is 7.64. The predicted octanol–water partition coefficient (Wildman–Crippen LogP) is 1.87. The summed E-state index contributed by atoms with van der Waals surface area (Å²) in [4.78, 5) is 0.108. The fourth-order valence-electron chi connectivity index (χ4n) is 2.04. The van der Waals surface area contributed by atoms with Gasteiger partial charge < -0.3 is 5.11 Å². The maximum absolute atomic E-state index is 12.2. The van der Waals surface area contributed by atoms with Gasteiger partial charge >= 0.3 is 0 Å². The standard InChI is InChI=1S/C16H23N3O3S/c1-12(2)16(20)8-9-18-23(21,22)15-10-17-19(11-15)14-6-4-13(3)5-7-14/h4-7,10-12,16,18,20H,8-9H2,1-3H3. The molecule has 0 saturated heterocycles. The second-order valence-electron chi connectivity index (χ2n) is 5.95. The zero-order valence-electron chi connectivity index (χ0n) is 13.6. The van der Waals surface area contributed by atoms with Crippen molar-refractivity contribution in [3.63, 3.8) is 0 Å². The summed E-state index contributed by atoms with van der Waals surface area (Å²) in [5, 5.41) is 13.8. The zero-order valence-corrected chi connectivity index (χ0v) is 14.4. The van der Waals surface area contributed by atoms with E-state index in [9.17, 15) is 13.5 Å². The van der Waals surface area contributed by atoms with Crippen molar-refractivity contribution in [2.75, 3.05) is 6.54 Å². The van der Waals surface area contributed by atoms with Crippen molar-refractivity contribution in [1.29, 1.82) is 0 Å². The largest absolute Gasteiger partial charge is 0.393 e. The quantitative estimate of drug-likeness (QED) is 0.808. The molecule has 2 aromatic rings. The Balaban J connectivity index is 2.05. The van der Waals surface area contributed by atoms with Gasteiger partial charge in [0.15, 0.2) is 0 Å². The third-order valence-corrected chi connectivity index (χ3v) is 5.09. The Morgan fingerprint density at radius 1 is 1.26 bits per heavy atom. The van der Waals surface area contributed by atoms with Gasteiger partial charge in [0.2, 0.25) is 10.0 Å². The molecule has 0 aliphatic carbocycles. The van der Waals surface area contributed by atoms with E-state index in [1.807, 2.05) is 45.0 Å². The van der Waals surface area contributed by atoms with Crippen molar-refractivity contribution < 1.29 is 13.5 Å². The van der Waals surface area contributed by atoms with Crippen molar-refractivity contribution in [3.8, 4) is 5.69 Å². The maximum atomic E-state index is 12.2. The molecule has 1 unspecified atom stereocenters. The third-order valence-electron chi connectivity index (χ3n) is 3.67. The average molecular weight is 337 g/mol. The first kappa shape index (κ1) is 17.7. The van der Waals surface area contributed by atoms with Crippen LogP contribution in [0.25, 0.3) is 5.69 Å². The smallest absolute Gasteiger partial charge is 0.243 e. The van der Waals surface area contributed by atoms with Crippen LogP contribution in [0.2, 0.25) is 0 Å². The van der Waals surface area contributed by atoms with Crippen LogP contribution in [-0.2, 0) is 10.0 Å². The number of hydrogen-bond acceptors (Lipinski definition) is 4. The summed E-state index contributed by atoms with van der Waals surface area (Å²) in [6.45, 7) is 5.96. The van der Waals surface area contributed by atoms with Crippen molar-refractivity contribution in [2.45, 2.75) is 38.2 Å². The van der Waals surface area contributed by atoms with Crippen molar-refractivity contribution in [2.24, 2.45) is 5.92 Å². The van der Waals surface area contributed by atoms with Crippen LogP contribution in [0.4, 0.5) is 0 Å². The number of nitrogens with one attached hydrogen (secondary N) is 1. The second kappa shape index (κ2) is 7.25. The van der Waals surface area contributed by atoms with Crippen LogP contribution in [0, 0.1) is 12.8 Å². The first-order valence-corrected chi connectivity index (χ1v) is 9.07. The molecule has 2 rings (SSSR count). The third kappa shape index (κ3) is 4.63. The lowest BCUT2D eigenvalue weighted by molar-refractivity contribution is 0.118. The van der Waals surface area contributed by atoms with E-state index in [4.69, 9.17) is 0 Å². The van der Waals surface area contributed by atoms with Gasteiger partial charge in [-0.15, -0.1) is 0 Å². The molecule has 0 radical (unpaired) electrons. The van der Waals surface area contributed by atoms with Crippen LogP contribution >= 0.6 is 0 Å². The van der Waals surface area contributed by atoms with Crippen molar-refractivity contribution in [1.82, 2.24) is 14.5 Å². The van der Waals surface area contributed by atoms with Gasteiger partial charge in [-0.2, -0.15) is 5.10 Å². The molecule has 1 aromatic heterocycles. The van der Waals surface area contributed by atoms with Crippen molar-refractivity contribution in [3.05, 3.63) is 42.2 Å². The number of hydrogen-bond donors (Lipinski definition) is 2. The Labute approximate surface area is 137 Å².